The highest BCUT2D eigenvalue weighted by Gasteiger charge is 2.18. The summed E-state index contributed by atoms with van der Waals surface area (Å²) in [6.45, 7) is 0. The van der Waals surface area contributed by atoms with Crippen molar-refractivity contribution in [2.24, 2.45) is 0 Å². The summed E-state index contributed by atoms with van der Waals surface area (Å²) in [7, 11) is 0. The number of benzene rings is 10. The number of nitrogens with zero attached hydrogens (tertiary/aromatic N) is 3. The monoisotopic (exact) mass is 865 g/mol. The largest absolute Gasteiger partial charge is 0.309 e. The summed E-state index contributed by atoms with van der Waals surface area (Å²) in [5.41, 5.74) is 20.4. The topological polar surface area (TPSA) is 22.8 Å². The van der Waals surface area contributed by atoms with Gasteiger partial charge in [0.15, 0.2) is 0 Å². The van der Waals surface area contributed by atoms with Gasteiger partial charge in [-0.25, -0.2) is 4.98 Å². The molecule has 3 heteroatoms. The van der Waals surface area contributed by atoms with Crippen molar-refractivity contribution in [2.75, 3.05) is 0 Å². The molecule has 0 aliphatic rings. The first-order chi connectivity index (χ1) is 33.7. The third-order valence-corrected chi connectivity index (χ3v) is 13.5. The summed E-state index contributed by atoms with van der Waals surface area (Å²) in [5, 5.41) is 4.90. The predicted molar refractivity (Wildman–Crippen MR) is 286 cm³/mol. The molecule has 0 radical (unpaired) electrons. The molecule has 0 bridgehead atoms. The molecule has 10 aromatic carbocycles. The van der Waals surface area contributed by atoms with Gasteiger partial charge in [-0.2, -0.15) is 0 Å². The highest BCUT2D eigenvalue weighted by Crippen LogP contribution is 2.41. The molecule has 0 fully saturated rings. The molecule has 13 rings (SSSR count). The number of para-hydroxylation sites is 2. The fourth-order valence-corrected chi connectivity index (χ4v) is 10.2. The van der Waals surface area contributed by atoms with E-state index in [0.717, 1.165) is 45.0 Å². The first-order valence-electron chi connectivity index (χ1n) is 23.3. The smallest absolute Gasteiger partial charge is 0.0715 e. The van der Waals surface area contributed by atoms with Gasteiger partial charge >= 0.3 is 0 Å². The van der Waals surface area contributed by atoms with Crippen LogP contribution in [0.1, 0.15) is 0 Å². The molecule has 3 nitrogen and oxygen atoms in total. The van der Waals surface area contributed by atoms with Crippen LogP contribution >= 0.6 is 0 Å². The Kier molecular flexibility index (Phi) is 9.50. The first kappa shape index (κ1) is 39.3. The van der Waals surface area contributed by atoms with Crippen molar-refractivity contribution in [3.63, 3.8) is 0 Å². The zero-order chi connectivity index (χ0) is 45.0. The van der Waals surface area contributed by atoms with E-state index in [9.17, 15) is 0 Å². The van der Waals surface area contributed by atoms with E-state index < -0.39 is 0 Å². The average molecular weight is 866 g/mol. The molecule has 0 aliphatic carbocycles. The molecule has 0 unspecified atom stereocenters. The number of rotatable bonds is 8. The molecule has 13 aromatic rings. The molecule has 318 valence electrons. The van der Waals surface area contributed by atoms with Gasteiger partial charge in [0.25, 0.3) is 0 Å². The van der Waals surface area contributed by atoms with Crippen LogP contribution in [0.5, 0.6) is 0 Å². The Balaban J connectivity index is 0.954. The molecule has 0 saturated carbocycles. The second-order valence-corrected chi connectivity index (χ2v) is 17.6. The minimum atomic E-state index is 0.951. The maximum Gasteiger partial charge on any atom is 0.0715 e. The van der Waals surface area contributed by atoms with Crippen molar-refractivity contribution in [1.29, 1.82) is 0 Å². The van der Waals surface area contributed by atoms with Gasteiger partial charge in [0.2, 0.25) is 0 Å². The fourth-order valence-electron chi connectivity index (χ4n) is 10.2. The quantitative estimate of drug-likeness (QED) is 0.149. The summed E-state index contributed by atoms with van der Waals surface area (Å²) in [4.78, 5) is 5.17. The zero-order valence-electron chi connectivity index (χ0n) is 37.2. The molecule has 0 atom stereocenters. The van der Waals surface area contributed by atoms with E-state index in [1.54, 1.807) is 0 Å². The summed E-state index contributed by atoms with van der Waals surface area (Å²) in [5.74, 6) is 0. The van der Waals surface area contributed by atoms with Crippen molar-refractivity contribution in [1.82, 2.24) is 14.1 Å². The van der Waals surface area contributed by atoms with Crippen molar-refractivity contribution in [3.05, 3.63) is 261 Å². The van der Waals surface area contributed by atoms with Crippen LogP contribution in [0.25, 0.3) is 122 Å². The summed E-state index contributed by atoms with van der Waals surface area (Å²) in [6, 6.07) is 94.3. The second kappa shape index (κ2) is 16.4. The second-order valence-electron chi connectivity index (χ2n) is 17.6. The molecular formula is C65H43N3. The fraction of sp³-hybridized carbons (Fsp3) is 0. The Hall–Kier alpha value is -9.05. The van der Waals surface area contributed by atoms with Gasteiger partial charge in [-0.05, 0) is 117 Å². The van der Waals surface area contributed by atoms with Crippen LogP contribution in [0.2, 0.25) is 0 Å². The van der Waals surface area contributed by atoms with Gasteiger partial charge < -0.3 is 9.13 Å². The van der Waals surface area contributed by atoms with E-state index in [-0.39, 0.29) is 0 Å². The highest BCUT2D eigenvalue weighted by molar-refractivity contribution is 6.12. The molecule has 0 amide bonds. The Morgan fingerprint density at radius 1 is 0.206 bits per heavy atom. The van der Waals surface area contributed by atoms with Crippen LogP contribution in [-0.2, 0) is 0 Å². The van der Waals surface area contributed by atoms with Crippen LogP contribution in [-0.4, -0.2) is 14.1 Å². The summed E-state index contributed by atoms with van der Waals surface area (Å²) in [6.07, 6.45) is 0. The van der Waals surface area contributed by atoms with Gasteiger partial charge in [-0.15, -0.1) is 0 Å². The van der Waals surface area contributed by atoms with E-state index in [1.165, 1.54) is 77.0 Å². The van der Waals surface area contributed by atoms with Crippen molar-refractivity contribution in [3.8, 4) is 78.4 Å². The molecule has 0 saturated heterocycles. The van der Waals surface area contributed by atoms with Crippen LogP contribution in [0, 0.1) is 0 Å². The Morgan fingerprint density at radius 2 is 0.618 bits per heavy atom. The molecule has 0 N–H and O–H groups in total. The minimum absolute atomic E-state index is 0.951. The van der Waals surface area contributed by atoms with Gasteiger partial charge in [0, 0.05) is 44.0 Å². The van der Waals surface area contributed by atoms with Crippen molar-refractivity contribution < 1.29 is 0 Å². The predicted octanol–water partition coefficient (Wildman–Crippen LogP) is 17.3. The molecule has 0 spiro atoms. The Labute approximate surface area is 395 Å². The van der Waals surface area contributed by atoms with Crippen LogP contribution in [0.15, 0.2) is 261 Å². The van der Waals surface area contributed by atoms with Crippen molar-refractivity contribution in [2.45, 2.75) is 0 Å². The average Bonchev–Trinajstić information content (AvgIpc) is 3.94. The number of fused-ring (bicyclic) bond motifs is 6. The lowest BCUT2D eigenvalue weighted by Gasteiger charge is -2.14. The Morgan fingerprint density at radius 3 is 1.22 bits per heavy atom. The normalized spacial score (nSPS) is 11.5. The lowest BCUT2D eigenvalue weighted by atomic mass is 9.98. The van der Waals surface area contributed by atoms with Gasteiger partial charge in [-0.1, -0.05) is 188 Å². The SMILES string of the molecule is c1ccc(-c2cc(-c3ccccc3)cc(-n3c4ccccc4c4cc(-c5ccc6c7ccccc7n(-c7cccc(-c8cc(-c9ccccc9)nc(-c9ccccc9)c8)c7)c6c5)ccc43)c2)cc1. The number of pyridine rings is 1. The lowest BCUT2D eigenvalue weighted by molar-refractivity contribution is 1.18. The van der Waals surface area contributed by atoms with E-state index in [2.05, 4.69) is 270 Å². The standard InChI is InChI=1S/C65H43N3/c1-5-18-44(19-6-1)51-36-52(45-20-7-2-8-21-45)39-55(38-51)68-63-31-16-14-29-57(63)59-40-49(33-35-64(59)68)50-32-34-58-56-28-13-15-30-62(56)67(65(58)43-50)54-27-17-26-48(37-54)53-41-60(46-22-9-3-10-23-46)66-61(42-53)47-24-11-4-12-25-47/h1-43H. The van der Waals surface area contributed by atoms with Crippen LogP contribution < -0.4 is 0 Å². The summed E-state index contributed by atoms with van der Waals surface area (Å²) >= 11 is 0. The molecule has 3 aromatic heterocycles. The summed E-state index contributed by atoms with van der Waals surface area (Å²) < 4.78 is 4.87. The molecule has 68 heavy (non-hydrogen) atoms. The van der Waals surface area contributed by atoms with Crippen molar-refractivity contribution >= 4 is 43.6 Å². The van der Waals surface area contributed by atoms with Crippen LogP contribution in [0.4, 0.5) is 0 Å². The number of hydrogen-bond acceptors (Lipinski definition) is 1. The molecule has 0 aliphatic heterocycles. The maximum atomic E-state index is 5.17. The lowest BCUT2D eigenvalue weighted by Crippen LogP contribution is -1.96. The third-order valence-electron chi connectivity index (χ3n) is 13.5. The first-order valence-corrected chi connectivity index (χ1v) is 23.3. The van der Waals surface area contributed by atoms with E-state index in [1.807, 2.05) is 0 Å². The van der Waals surface area contributed by atoms with Crippen LogP contribution in [0.3, 0.4) is 0 Å². The van der Waals surface area contributed by atoms with E-state index >= 15 is 0 Å². The minimum Gasteiger partial charge on any atom is -0.309 e. The number of aromatic nitrogens is 3. The van der Waals surface area contributed by atoms with E-state index in [0.29, 0.717) is 0 Å². The van der Waals surface area contributed by atoms with Gasteiger partial charge in [0.1, 0.15) is 0 Å². The zero-order valence-corrected chi connectivity index (χ0v) is 37.2. The molecule has 3 heterocycles. The maximum absolute atomic E-state index is 5.17. The highest BCUT2D eigenvalue weighted by atomic mass is 15.0. The van der Waals surface area contributed by atoms with Gasteiger partial charge in [-0.3, -0.25) is 0 Å². The molecular weight excluding hydrogens is 823 g/mol. The third kappa shape index (κ3) is 6.88. The Bertz CT molecular complexity index is 3880. The van der Waals surface area contributed by atoms with Gasteiger partial charge in [0.05, 0.1) is 33.5 Å². The van der Waals surface area contributed by atoms with E-state index in [4.69, 9.17) is 4.98 Å². The number of hydrogen-bond donors (Lipinski definition) is 0.